The van der Waals surface area contributed by atoms with E-state index in [1.807, 2.05) is 33.9 Å². The molecule has 0 saturated carbocycles. The number of nitrogens with one attached hydrogen (secondary N) is 1. The topological polar surface area (TPSA) is 70.6 Å². The fourth-order valence-corrected chi connectivity index (χ4v) is 2.86. The maximum Gasteiger partial charge on any atom is 0.410 e. The van der Waals surface area contributed by atoms with Crippen molar-refractivity contribution in [2.75, 3.05) is 30.4 Å². The first-order valence-corrected chi connectivity index (χ1v) is 8.95. The first-order valence-electron chi connectivity index (χ1n) is 8.95. The monoisotopic (exact) mass is 349 g/mol. The number of rotatable bonds is 4. The maximum atomic E-state index is 12.3. The van der Waals surface area contributed by atoms with Gasteiger partial charge in [0.15, 0.2) is 0 Å². The average Bonchev–Trinajstić information content (AvgIpc) is 2.52. The van der Waals surface area contributed by atoms with Crippen LogP contribution in [0.5, 0.6) is 0 Å². The highest BCUT2D eigenvalue weighted by atomic mass is 16.6. The van der Waals surface area contributed by atoms with Crippen LogP contribution in [0.4, 0.5) is 16.4 Å². The summed E-state index contributed by atoms with van der Waals surface area (Å²) in [5, 5.41) is 3.30. The van der Waals surface area contributed by atoms with E-state index in [0.29, 0.717) is 6.04 Å². The van der Waals surface area contributed by atoms with Gasteiger partial charge in [-0.15, -0.1) is 0 Å². The Labute approximate surface area is 150 Å². The molecule has 0 bridgehead atoms. The Balaban J connectivity index is 2.04. The predicted molar refractivity (Wildman–Crippen MR) is 100 cm³/mol. The minimum Gasteiger partial charge on any atom is -0.444 e. The molecule has 1 aliphatic heterocycles. The fourth-order valence-electron chi connectivity index (χ4n) is 2.86. The third kappa shape index (κ3) is 5.76. The largest absolute Gasteiger partial charge is 0.444 e. The van der Waals surface area contributed by atoms with Gasteiger partial charge in [0, 0.05) is 32.2 Å². The molecule has 1 fully saturated rings. The molecule has 1 atom stereocenters. The maximum absolute atomic E-state index is 12.3. The third-order valence-electron chi connectivity index (χ3n) is 4.04. The predicted octanol–water partition coefficient (Wildman–Crippen LogP) is 3.13. The summed E-state index contributed by atoms with van der Waals surface area (Å²) in [6.07, 6.45) is 3.29. The summed E-state index contributed by atoms with van der Waals surface area (Å²) in [5.74, 6) is 1.71. The molecule has 0 aliphatic carbocycles. The second-order valence-electron chi connectivity index (χ2n) is 7.89. The lowest BCUT2D eigenvalue weighted by Crippen LogP contribution is -2.50. The van der Waals surface area contributed by atoms with Crippen LogP contribution < -0.4 is 10.2 Å². The van der Waals surface area contributed by atoms with E-state index in [-0.39, 0.29) is 12.1 Å². The van der Waals surface area contributed by atoms with E-state index in [4.69, 9.17) is 4.74 Å². The Morgan fingerprint density at radius 2 is 2.12 bits per heavy atom. The number of nitrogens with zero attached hydrogens (tertiary/aromatic N) is 4. The van der Waals surface area contributed by atoms with E-state index < -0.39 is 5.60 Å². The number of carbonyl (C=O) groups excluding carboxylic acids is 1. The second kappa shape index (κ2) is 7.89. The van der Waals surface area contributed by atoms with E-state index >= 15 is 0 Å². The highest BCUT2D eigenvalue weighted by molar-refractivity contribution is 5.68. The molecule has 1 aromatic rings. The average molecular weight is 349 g/mol. The lowest BCUT2D eigenvalue weighted by molar-refractivity contribution is 0.0209. The van der Waals surface area contributed by atoms with Crippen molar-refractivity contribution >= 4 is 17.7 Å². The summed E-state index contributed by atoms with van der Waals surface area (Å²) >= 11 is 0. The molecule has 0 aromatic carbocycles. The van der Waals surface area contributed by atoms with Gasteiger partial charge in [0.1, 0.15) is 23.6 Å². The Morgan fingerprint density at radius 3 is 2.76 bits per heavy atom. The number of likely N-dealkylation sites (N-methyl/N-ethyl adjacent to an activating group) is 1. The van der Waals surface area contributed by atoms with Crippen LogP contribution in [0.15, 0.2) is 12.4 Å². The highest BCUT2D eigenvalue weighted by Crippen LogP contribution is 2.23. The zero-order chi connectivity index (χ0) is 18.6. The van der Waals surface area contributed by atoms with E-state index in [0.717, 1.165) is 37.6 Å². The Bertz CT molecular complexity index is 585. The third-order valence-corrected chi connectivity index (χ3v) is 4.04. The quantitative estimate of drug-likeness (QED) is 0.900. The van der Waals surface area contributed by atoms with Gasteiger partial charge in [-0.05, 0) is 47.5 Å². The van der Waals surface area contributed by atoms with E-state index in [9.17, 15) is 4.79 Å². The molecule has 140 valence electrons. The van der Waals surface area contributed by atoms with Crippen LogP contribution in [0.3, 0.4) is 0 Å². The standard InChI is InChI=1S/C18H31N5O2/c1-13(2)21-15-10-16(20-12-19-15)23-9-7-8-14(11-23)22(6)17(24)25-18(3,4)5/h10,12-14H,7-9,11H2,1-6H3,(H,19,20,21). The van der Waals surface area contributed by atoms with Crippen molar-refractivity contribution in [1.82, 2.24) is 14.9 Å². The van der Waals surface area contributed by atoms with Crippen LogP contribution >= 0.6 is 0 Å². The molecule has 1 aromatic heterocycles. The van der Waals surface area contributed by atoms with Gasteiger partial charge in [-0.2, -0.15) is 0 Å². The van der Waals surface area contributed by atoms with Gasteiger partial charge in [0.05, 0.1) is 6.04 Å². The molecule has 7 nitrogen and oxygen atoms in total. The molecule has 1 N–H and O–H groups in total. The van der Waals surface area contributed by atoms with E-state index in [2.05, 4.69) is 34.0 Å². The molecule has 1 unspecified atom stereocenters. The van der Waals surface area contributed by atoms with Crippen molar-refractivity contribution < 1.29 is 9.53 Å². The van der Waals surface area contributed by atoms with Crippen LogP contribution in [-0.4, -0.2) is 58.8 Å². The number of hydrogen-bond acceptors (Lipinski definition) is 6. The molecule has 1 amide bonds. The highest BCUT2D eigenvalue weighted by Gasteiger charge is 2.29. The second-order valence-corrected chi connectivity index (χ2v) is 7.89. The SMILES string of the molecule is CC(C)Nc1cc(N2CCCC(N(C)C(=O)OC(C)(C)C)C2)ncn1. The molecule has 1 aliphatic rings. The molecular weight excluding hydrogens is 318 g/mol. The van der Waals surface area contributed by atoms with Crippen molar-refractivity contribution in [3.8, 4) is 0 Å². The van der Waals surface area contributed by atoms with Crippen LogP contribution in [-0.2, 0) is 4.74 Å². The van der Waals surface area contributed by atoms with Crippen LogP contribution in [0, 0.1) is 0 Å². The summed E-state index contributed by atoms with van der Waals surface area (Å²) in [7, 11) is 1.81. The Kier molecular flexibility index (Phi) is 6.08. The minimum atomic E-state index is -0.482. The van der Waals surface area contributed by atoms with Crippen molar-refractivity contribution in [3.05, 3.63) is 12.4 Å². The van der Waals surface area contributed by atoms with Crippen LogP contribution in [0.25, 0.3) is 0 Å². The summed E-state index contributed by atoms with van der Waals surface area (Å²) in [5.41, 5.74) is -0.482. The van der Waals surface area contributed by atoms with Gasteiger partial charge in [-0.1, -0.05) is 0 Å². The number of carbonyl (C=O) groups is 1. The molecule has 1 saturated heterocycles. The van der Waals surface area contributed by atoms with Crippen molar-refractivity contribution in [2.45, 2.75) is 65.1 Å². The number of amides is 1. The smallest absolute Gasteiger partial charge is 0.410 e. The number of aromatic nitrogens is 2. The molecule has 2 rings (SSSR count). The molecule has 0 radical (unpaired) electrons. The number of anilines is 2. The molecule has 25 heavy (non-hydrogen) atoms. The van der Waals surface area contributed by atoms with Gasteiger partial charge in [-0.25, -0.2) is 14.8 Å². The normalized spacial score (nSPS) is 18.2. The van der Waals surface area contributed by atoms with Crippen LogP contribution in [0.2, 0.25) is 0 Å². The number of ether oxygens (including phenoxy) is 1. The van der Waals surface area contributed by atoms with Crippen molar-refractivity contribution in [1.29, 1.82) is 0 Å². The van der Waals surface area contributed by atoms with Crippen molar-refractivity contribution in [2.24, 2.45) is 0 Å². The first-order chi connectivity index (χ1) is 11.7. The molecule has 7 heteroatoms. The van der Waals surface area contributed by atoms with Crippen molar-refractivity contribution in [3.63, 3.8) is 0 Å². The summed E-state index contributed by atoms with van der Waals surface area (Å²) in [6.45, 7) is 11.5. The minimum absolute atomic E-state index is 0.111. The van der Waals surface area contributed by atoms with Gasteiger partial charge in [0.25, 0.3) is 0 Å². The summed E-state index contributed by atoms with van der Waals surface area (Å²) in [4.78, 5) is 24.9. The van der Waals surface area contributed by atoms with E-state index in [1.54, 1.807) is 11.2 Å². The van der Waals surface area contributed by atoms with E-state index in [1.165, 1.54) is 0 Å². The number of piperidine rings is 1. The van der Waals surface area contributed by atoms with Gasteiger partial charge in [-0.3, -0.25) is 0 Å². The summed E-state index contributed by atoms with van der Waals surface area (Å²) in [6, 6.07) is 2.39. The van der Waals surface area contributed by atoms with Crippen LogP contribution in [0.1, 0.15) is 47.5 Å². The fraction of sp³-hybridized carbons (Fsp3) is 0.722. The lowest BCUT2D eigenvalue weighted by Gasteiger charge is -2.38. The number of hydrogen-bond donors (Lipinski definition) is 1. The van der Waals surface area contributed by atoms with Gasteiger partial charge < -0.3 is 19.9 Å². The Hall–Kier alpha value is -2.05. The van der Waals surface area contributed by atoms with Gasteiger partial charge >= 0.3 is 6.09 Å². The van der Waals surface area contributed by atoms with Gasteiger partial charge in [0.2, 0.25) is 0 Å². The lowest BCUT2D eigenvalue weighted by atomic mass is 10.0. The zero-order valence-electron chi connectivity index (χ0n) is 16.2. The first kappa shape index (κ1) is 19.3. The molecule has 2 heterocycles. The Morgan fingerprint density at radius 1 is 1.40 bits per heavy atom. The summed E-state index contributed by atoms with van der Waals surface area (Å²) < 4.78 is 5.49. The zero-order valence-corrected chi connectivity index (χ0v) is 16.2. The molecular formula is C18H31N5O2. The molecule has 0 spiro atoms.